The highest BCUT2D eigenvalue weighted by molar-refractivity contribution is 5.92. The van der Waals surface area contributed by atoms with Gasteiger partial charge < -0.3 is 9.64 Å². The van der Waals surface area contributed by atoms with E-state index in [-0.39, 0.29) is 11.7 Å². The van der Waals surface area contributed by atoms with Gasteiger partial charge in [0, 0.05) is 38.3 Å². The summed E-state index contributed by atoms with van der Waals surface area (Å²) in [6.45, 7) is 5.21. The van der Waals surface area contributed by atoms with Crippen LogP contribution in [0.4, 0.5) is 4.39 Å². The molecule has 124 valence electrons. The van der Waals surface area contributed by atoms with Crippen LogP contribution in [0.3, 0.4) is 0 Å². The van der Waals surface area contributed by atoms with E-state index in [2.05, 4.69) is 4.90 Å². The van der Waals surface area contributed by atoms with E-state index < -0.39 is 0 Å². The van der Waals surface area contributed by atoms with Crippen LogP contribution in [0, 0.1) is 5.82 Å². The predicted molar refractivity (Wildman–Crippen MR) is 87.4 cm³/mol. The monoisotopic (exact) mass is 318 g/mol. The van der Waals surface area contributed by atoms with Crippen molar-refractivity contribution in [2.75, 3.05) is 39.4 Å². The maximum atomic E-state index is 12.9. The summed E-state index contributed by atoms with van der Waals surface area (Å²) >= 11 is 0. The van der Waals surface area contributed by atoms with Crippen LogP contribution in [0.5, 0.6) is 0 Å². The number of nitrogens with zero attached hydrogens (tertiary/aromatic N) is 2. The average molecular weight is 318 g/mol. The highest BCUT2D eigenvalue weighted by Crippen LogP contribution is 2.19. The molecule has 2 fully saturated rings. The van der Waals surface area contributed by atoms with Crippen LogP contribution in [0.1, 0.15) is 18.4 Å². The Kier molecular flexibility index (Phi) is 5.41. The zero-order valence-corrected chi connectivity index (χ0v) is 13.3. The molecule has 2 aliphatic heterocycles. The zero-order chi connectivity index (χ0) is 16.1. The van der Waals surface area contributed by atoms with Gasteiger partial charge in [-0.15, -0.1) is 0 Å². The molecule has 3 rings (SSSR count). The van der Waals surface area contributed by atoms with E-state index >= 15 is 0 Å². The molecular formula is C18H23FN2O2. The Morgan fingerprint density at radius 3 is 2.70 bits per heavy atom. The number of benzene rings is 1. The summed E-state index contributed by atoms with van der Waals surface area (Å²) in [6.07, 6.45) is 5.48. The lowest BCUT2D eigenvalue weighted by Gasteiger charge is -2.32. The molecule has 2 heterocycles. The Balaban J connectivity index is 1.57. The Morgan fingerprint density at radius 1 is 1.22 bits per heavy atom. The number of rotatable bonds is 4. The summed E-state index contributed by atoms with van der Waals surface area (Å²) in [5, 5.41) is 0. The van der Waals surface area contributed by atoms with Gasteiger partial charge in [-0.3, -0.25) is 9.69 Å². The van der Waals surface area contributed by atoms with Gasteiger partial charge in [-0.05, 0) is 36.6 Å². The van der Waals surface area contributed by atoms with Crippen molar-refractivity contribution in [2.45, 2.75) is 18.9 Å². The van der Waals surface area contributed by atoms with Crippen LogP contribution in [0.15, 0.2) is 30.3 Å². The normalized spacial score (nSPS) is 22.8. The molecule has 1 aromatic rings. The fourth-order valence-corrected chi connectivity index (χ4v) is 3.23. The lowest BCUT2D eigenvalue weighted by Crippen LogP contribution is -2.46. The van der Waals surface area contributed by atoms with Crippen LogP contribution in [-0.2, 0) is 9.53 Å². The maximum absolute atomic E-state index is 12.9. The quantitative estimate of drug-likeness (QED) is 0.798. The largest absolute Gasteiger partial charge is 0.379 e. The Hall–Kier alpha value is -1.72. The van der Waals surface area contributed by atoms with Crippen LogP contribution in [-0.4, -0.2) is 61.1 Å². The number of likely N-dealkylation sites (tertiary alicyclic amines) is 1. The van der Waals surface area contributed by atoms with Crippen molar-refractivity contribution in [3.05, 3.63) is 41.7 Å². The van der Waals surface area contributed by atoms with E-state index in [0.717, 1.165) is 57.8 Å². The topological polar surface area (TPSA) is 32.8 Å². The second kappa shape index (κ2) is 7.70. The van der Waals surface area contributed by atoms with E-state index in [9.17, 15) is 9.18 Å². The van der Waals surface area contributed by atoms with Gasteiger partial charge in [0.15, 0.2) is 0 Å². The Bertz CT molecular complexity index is 553. The molecule has 1 amide bonds. The summed E-state index contributed by atoms with van der Waals surface area (Å²) in [5.74, 6) is -0.219. The van der Waals surface area contributed by atoms with Gasteiger partial charge >= 0.3 is 0 Å². The van der Waals surface area contributed by atoms with Gasteiger partial charge in [0.25, 0.3) is 0 Å². The highest BCUT2D eigenvalue weighted by atomic mass is 19.1. The summed E-state index contributed by atoms with van der Waals surface area (Å²) in [7, 11) is 0. The third-order valence-corrected chi connectivity index (χ3v) is 4.52. The van der Waals surface area contributed by atoms with Gasteiger partial charge in [-0.2, -0.15) is 0 Å². The summed E-state index contributed by atoms with van der Waals surface area (Å²) < 4.78 is 18.3. The van der Waals surface area contributed by atoms with Crippen LogP contribution in [0.25, 0.3) is 6.08 Å². The molecule has 0 spiro atoms. The number of carbonyl (C=O) groups excluding carboxylic acids is 1. The molecule has 0 N–H and O–H groups in total. The molecule has 0 radical (unpaired) electrons. The zero-order valence-electron chi connectivity index (χ0n) is 13.3. The third kappa shape index (κ3) is 4.39. The van der Waals surface area contributed by atoms with Crippen molar-refractivity contribution in [3.63, 3.8) is 0 Å². The van der Waals surface area contributed by atoms with Crippen molar-refractivity contribution >= 4 is 12.0 Å². The van der Waals surface area contributed by atoms with Crippen molar-refractivity contribution in [1.82, 2.24) is 9.80 Å². The number of carbonyl (C=O) groups is 1. The molecule has 0 unspecified atom stereocenters. The number of hydrogen-bond acceptors (Lipinski definition) is 3. The van der Waals surface area contributed by atoms with Crippen molar-refractivity contribution in [2.24, 2.45) is 0 Å². The standard InChI is InChI=1S/C18H23FN2O2/c19-16-6-3-15(4-7-16)5-8-18(22)21-9-1-2-17(21)14-20-10-12-23-13-11-20/h3-8,17H,1-2,9-14H2/b8-5+/t17-/m0/s1. The fraction of sp³-hybridized carbons (Fsp3) is 0.500. The van der Waals surface area contributed by atoms with Gasteiger partial charge in [0.05, 0.1) is 13.2 Å². The van der Waals surface area contributed by atoms with Gasteiger partial charge in [0.1, 0.15) is 5.82 Å². The van der Waals surface area contributed by atoms with Gasteiger partial charge in [0.2, 0.25) is 5.91 Å². The predicted octanol–water partition coefficient (Wildman–Crippen LogP) is 2.16. The van der Waals surface area contributed by atoms with Crippen molar-refractivity contribution < 1.29 is 13.9 Å². The first-order valence-corrected chi connectivity index (χ1v) is 8.27. The lowest BCUT2D eigenvalue weighted by atomic mass is 10.2. The smallest absolute Gasteiger partial charge is 0.246 e. The first kappa shape index (κ1) is 16.1. The highest BCUT2D eigenvalue weighted by Gasteiger charge is 2.29. The number of morpholine rings is 1. The number of halogens is 1. The molecule has 2 aliphatic rings. The summed E-state index contributed by atoms with van der Waals surface area (Å²) in [5.41, 5.74) is 0.837. The minimum absolute atomic E-state index is 0.0464. The molecular weight excluding hydrogens is 295 g/mol. The molecule has 0 saturated carbocycles. The molecule has 0 aromatic heterocycles. The van der Waals surface area contributed by atoms with Crippen LogP contribution < -0.4 is 0 Å². The van der Waals surface area contributed by atoms with E-state index in [0.29, 0.717) is 6.04 Å². The minimum atomic E-state index is -0.265. The van der Waals surface area contributed by atoms with E-state index in [1.807, 2.05) is 4.90 Å². The summed E-state index contributed by atoms with van der Waals surface area (Å²) in [4.78, 5) is 16.8. The van der Waals surface area contributed by atoms with Crippen molar-refractivity contribution in [1.29, 1.82) is 0 Å². The summed E-state index contributed by atoms with van der Waals surface area (Å²) in [6, 6.07) is 6.45. The van der Waals surface area contributed by atoms with Gasteiger partial charge in [-0.25, -0.2) is 4.39 Å². The SMILES string of the molecule is O=C(/C=C/c1ccc(F)cc1)N1CCC[C@H]1CN1CCOCC1. The maximum Gasteiger partial charge on any atom is 0.246 e. The number of amides is 1. The van der Waals surface area contributed by atoms with E-state index in [4.69, 9.17) is 4.74 Å². The second-order valence-electron chi connectivity index (χ2n) is 6.13. The first-order valence-electron chi connectivity index (χ1n) is 8.27. The molecule has 2 saturated heterocycles. The van der Waals surface area contributed by atoms with Crippen LogP contribution in [0.2, 0.25) is 0 Å². The second-order valence-corrected chi connectivity index (χ2v) is 6.13. The van der Waals surface area contributed by atoms with Gasteiger partial charge in [-0.1, -0.05) is 12.1 Å². The lowest BCUT2D eigenvalue weighted by molar-refractivity contribution is -0.127. The fourth-order valence-electron chi connectivity index (χ4n) is 3.23. The first-order chi connectivity index (χ1) is 11.2. The van der Waals surface area contributed by atoms with E-state index in [1.165, 1.54) is 12.1 Å². The molecule has 0 aliphatic carbocycles. The average Bonchev–Trinajstić information content (AvgIpc) is 3.03. The molecule has 1 aromatic carbocycles. The number of ether oxygens (including phenoxy) is 1. The molecule has 23 heavy (non-hydrogen) atoms. The molecule has 0 bridgehead atoms. The molecule has 4 nitrogen and oxygen atoms in total. The van der Waals surface area contributed by atoms with Crippen molar-refractivity contribution in [3.8, 4) is 0 Å². The minimum Gasteiger partial charge on any atom is -0.379 e. The number of hydrogen-bond donors (Lipinski definition) is 0. The third-order valence-electron chi connectivity index (χ3n) is 4.52. The molecule has 1 atom stereocenters. The Labute approximate surface area is 136 Å². The van der Waals surface area contributed by atoms with E-state index in [1.54, 1.807) is 24.3 Å². The van der Waals surface area contributed by atoms with Crippen LogP contribution >= 0.6 is 0 Å². The Morgan fingerprint density at radius 2 is 1.96 bits per heavy atom. The molecule has 5 heteroatoms.